The van der Waals surface area contributed by atoms with Gasteiger partial charge in [-0.3, -0.25) is 4.98 Å². The van der Waals surface area contributed by atoms with E-state index < -0.39 is 14.0 Å². The van der Waals surface area contributed by atoms with Crippen LogP contribution in [0.1, 0.15) is 32.0 Å². The summed E-state index contributed by atoms with van der Waals surface area (Å²) in [5, 5.41) is 0.180. The van der Waals surface area contributed by atoms with E-state index in [1.807, 2.05) is 6.07 Å². The summed E-state index contributed by atoms with van der Waals surface area (Å²) in [6.07, 6.45) is 1.60. The number of rotatable bonds is 4. The quantitative estimate of drug-likeness (QED) is 0.792. The lowest BCUT2D eigenvalue weighted by Crippen LogP contribution is -2.42. The molecule has 20 heavy (non-hydrogen) atoms. The smallest absolute Gasteiger partial charge is 0.192 e. The van der Waals surface area contributed by atoms with Crippen LogP contribution in [0.15, 0.2) is 18.3 Å². The third kappa shape index (κ3) is 3.10. The molecule has 0 aliphatic carbocycles. The lowest BCUT2D eigenvalue weighted by Gasteiger charge is -2.36. The average molecular weight is 297 g/mol. The first-order valence-corrected chi connectivity index (χ1v) is 9.91. The number of hydrogen-bond donors (Lipinski definition) is 0. The van der Waals surface area contributed by atoms with Crippen molar-refractivity contribution in [1.29, 1.82) is 0 Å². The van der Waals surface area contributed by atoms with Gasteiger partial charge in [-0.05, 0) is 24.2 Å². The second-order valence-corrected chi connectivity index (χ2v) is 11.9. The maximum atomic E-state index is 14.1. The molecule has 0 N–H and O–H groups in total. The fourth-order valence-corrected chi connectivity index (χ4v) is 2.64. The van der Waals surface area contributed by atoms with Crippen LogP contribution in [0.25, 0.3) is 0 Å². The van der Waals surface area contributed by atoms with Crippen LogP contribution >= 0.6 is 0 Å². The zero-order valence-corrected chi connectivity index (χ0v) is 14.0. The molecule has 1 aliphatic rings. The molecule has 1 aromatic rings. The van der Waals surface area contributed by atoms with Crippen molar-refractivity contribution >= 4 is 8.32 Å². The molecule has 5 heteroatoms. The van der Waals surface area contributed by atoms with Crippen LogP contribution in [0, 0.1) is 0 Å². The summed E-state index contributed by atoms with van der Waals surface area (Å²) in [7, 11) is -1.77. The summed E-state index contributed by atoms with van der Waals surface area (Å²) in [4.78, 5) is 4.31. The van der Waals surface area contributed by atoms with Crippen LogP contribution in [0.4, 0.5) is 4.39 Å². The molecule has 0 bridgehead atoms. The third-order valence-electron chi connectivity index (χ3n) is 4.39. The van der Waals surface area contributed by atoms with E-state index in [9.17, 15) is 4.39 Å². The van der Waals surface area contributed by atoms with Crippen molar-refractivity contribution in [2.45, 2.75) is 51.2 Å². The molecule has 2 heterocycles. The molecule has 0 atom stereocenters. The molecule has 1 aliphatic heterocycles. The van der Waals surface area contributed by atoms with Gasteiger partial charge in [0.1, 0.15) is 0 Å². The molecule has 0 unspecified atom stereocenters. The largest absolute Gasteiger partial charge is 0.411 e. The summed E-state index contributed by atoms with van der Waals surface area (Å²) >= 11 is 0. The SMILES string of the molecule is CC(C)(C)[Si](C)(C)OCc1ccc(C2(F)COC2)cn1. The van der Waals surface area contributed by atoms with E-state index in [0.29, 0.717) is 12.2 Å². The van der Waals surface area contributed by atoms with Crippen LogP contribution < -0.4 is 0 Å². The Balaban J connectivity index is 1.98. The van der Waals surface area contributed by atoms with Gasteiger partial charge in [-0.15, -0.1) is 0 Å². The lowest BCUT2D eigenvalue weighted by molar-refractivity contribution is -0.135. The molecule has 1 fully saturated rings. The molecule has 2 rings (SSSR count). The number of alkyl halides is 1. The van der Waals surface area contributed by atoms with Gasteiger partial charge < -0.3 is 9.16 Å². The fraction of sp³-hybridized carbons (Fsp3) is 0.667. The van der Waals surface area contributed by atoms with Gasteiger partial charge in [0.15, 0.2) is 14.0 Å². The summed E-state index contributed by atoms with van der Waals surface area (Å²) in [6.45, 7) is 11.8. The topological polar surface area (TPSA) is 31.4 Å². The van der Waals surface area contributed by atoms with Gasteiger partial charge in [0.25, 0.3) is 0 Å². The van der Waals surface area contributed by atoms with E-state index >= 15 is 0 Å². The zero-order chi connectivity index (χ0) is 15.0. The van der Waals surface area contributed by atoms with Gasteiger partial charge in [0.2, 0.25) is 0 Å². The van der Waals surface area contributed by atoms with Gasteiger partial charge in [-0.25, -0.2) is 4.39 Å². The van der Waals surface area contributed by atoms with Crippen molar-refractivity contribution in [3.63, 3.8) is 0 Å². The Bertz CT molecular complexity index is 464. The highest BCUT2D eigenvalue weighted by Crippen LogP contribution is 2.37. The van der Waals surface area contributed by atoms with Gasteiger partial charge in [-0.1, -0.05) is 26.8 Å². The zero-order valence-electron chi connectivity index (χ0n) is 13.0. The van der Waals surface area contributed by atoms with Crippen LogP contribution in [0.5, 0.6) is 0 Å². The Morgan fingerprint density at radius 2 is 2.00 bits per heavy atom. The van der Waals surface area contributed by atoms with Crippen LogP contribution in [-0.2, 0) is 21.4 Å². The maximum Gasteiger partial charge on any atom is 0.192 e. The minimum atomic E-state index is -1.77. The second-order valence-electron chi connectivity index (χ2n) is 7.05. The third-order valence-corrected chi connectivity index (χ3v) is 8.87. The van der Waals surface area contributed by atoms with Crippen molar-refractivity contribution in [3.05, 3.63) is 29.6 Å². The molecular weight excluding hydrogens is 273 g/mol. The van der Waals surface area contributed by atoms with Crippen molar-refractivity contribution in [3.8, 4) is 0 Å². The predicted octanol–water partition coefficient (Wildman–Crippen LogP) is 3.80. The Labute approximate surface area is 121 Å². The van der Waals surface area contributed by atoms with E-state index in [2.05, 4.69) is 38.8 Å². The van der Waals surface area contributed by atoms with Crippen molar-refractivity contribution in [1.82, 2.24) is 4.98 Å². The molecule has 0 amide bonds. The van der Waals surface area contributed by atoms with E-state index in [-0.39, 0.29) is 18.3 Å². The van der Waals surface area contributed by atoms with Gasteiger partial charge >= 0.3 is 0 Å². The molecule has 3 nitrogen and oxygen atoms in total. The first-order chi connectivity index (χ1) is 9.14. The summed E-state index contributed by atoms with van der Waals surface area (Å²) in [5.74, 6) is 0. The summed E-state index contributed by atoms with van der Waals surface area (Å²) < 4.78 is 25.1. The lowest BCUT2D eigenvalue weighted by atomic mass is 9.96. The van der Waals surface area contributed by atoms with Crippen molar-refractivity contribution < 1.29 is 13.6 Å². The van der Waals surface area contributed by atoms with E-state index in [0.717, 1.165) is 5.69 Å². The molecule has 1 saturated heterocycles. The van der Waals surface area contributed by atoms with E-state index in [1.54, 1.807) is 12.3 Å². The highest BCUT2D eigenvalue weighted by molar-refractivity contribution is 6.74. The monoisotopic (exact) mass is 297 g/mol. The Hall–Kier alpha value is -0.783. The Kier molecular flexibility index (Phi) is 4.06. The van der Waals surface area contributed by atoms with Crippen LogP contribution in [-0.4, -0.2) is 26.5 Å². The number of aromatic nitrogens is 1. The summed E-state index contributed by atoms with van der Waals surface area (Å²) in [5.41, 5.74) is 0.105. The van der Waals surface area contributed by atoms with Crippen molar-refractivity contribution in [2.75, 3.05) is 13.2 Å². The highest BCUT2D eigenvalue weighted by Gasteiger charge is 2.41. The first-order valence-electron chi connectivity index (χ1n) is 7.00. The molecule has 0 saturated carbocycles. The maximum absolute atomic E-state index is 14.1. The van der Waals surface area contributed by atoms with Gasteiger partial charge in [0, 0.05) is 11.8 Å². The summed E-state index contributed by atoms with van der Waals surface area (Å²) in [6, 6.07) is 3.64. The number of pyridine rings is 1. The molecule has 0 spiro atoms. The molecule has 0 aromatic carbocycles. The molecule has 0 radical (unpaired) electrons. The van der Waals surface area contributed by atoms with Crippen molar-refractivity contribution in [2.24, 2.45) is 0 Å². The standard InChI is InChI=1S/C15H24FNO2Si/c1-14(2,3)20(4,5)19-9-13-7-6-12(8-17-13)15(16)10-18-11-15/h6-8H,9-11H2,1-5H3. The molecular formula is C15H24FNO2Si. The number of ether oxygens (including phenoxy) is 1. The highest BCUT2D eigenvalue weighted by atomic mass is 28.4. The van der Waals surface area contributed by atoms with Gasteiger partial charge in [0.05, 0.1) is 25.5 Å². The number of halogens is 1. The first kappa shape index (κ1) is 15.6. The second kappa shape index (κ2) is 5.20. The molecule has 1 aromatic heterocycles. The van der Waals surface area contributed by atoms with E-state index in [1.165, 1.54) is 0 Å². The van der Waals surface area contributed by atoms with Crippen LogP contribution in [0.2, 0.25) is 18.1 Å². The van der Waals surface area contributed by atoms with E-state index in [4.69, 9.17) is 9.16 Å². The Morgan fingerprint density at radius 3 is 2.40 bits per heavy atom. The van der Waals surface area contributed by atoms with Crippen LogP contribution in [0.3, 0.4) is 0 Å². The predicted molar refractivity (Wildman–Crippen MR) is 79.8 cm³/mol. The minimum Gasteiger partial charge on any atom is -0.411 e. The normalized spacial score (nSPS) is 18.7. The Morgan fingerprint density at radius 1 is 1.35 bits per heavy atom. The number of hydrogen-bond acceptors (Lipinski definition) is 3. The molecule has 112 valence electrons. The number of nitrogens with zero attached hydrogens (tertiary/aromatic N) is 1. The average Bonchev–Trinajstić information content (AvgIpc) is 2.33. The fourth-order valence-electron chi connectivity index (χ4n) is 1.69. The minimum absolute atomic E-state index is 0.133. The van der Waals surface area contributed by atoms with Gasteiger partial charge in [-0.2, -0.15) is 0 Å².